The molecule has 0 fully saturated rings. The van der Waals surface area contributed by atoms with Crippen LogP contribution in [-0.4, -0.2) is 36.1 Å². The van der Waals surface area contributed by atoms with Crippen LogP contribution in [0.3, 0.4) is 0 Å². The summed E-state index contributed by atoms with van der Waals surface area (Å²) in [6.45, 7) is 1.24. The Kier molecular flexibility index (Phi) is 8.77. The zero-order valence-electron chi connectivity index (χ0n) is 14.7. The summed E-state index contributed by atoms with van der Waals surface area (Å²) in [5, 5.41) is 6.35. The number of aliphatic imine (C=N–C) groups is 1. The van der Waals surface area contributed by atoms with Gasteiger partial charge in [0.1, 0.15) is 5.82 Å². The Morgan fingerprint density at radius 3 is 2.58 bits per heavy atom. The summed E-state index contributed by atoms with van der Waals surface area (Å²) < 4.78 is 26.7. The molecular formula is C19H23BrFN3OS. The highest BCUT2D eigenvalue weighted by molar-refractivity contribution is 9.10. The Balaban J connectivity index is 1.67. The molecule has 2 N–H and O–H groups in total. The van der Waals surface area contributed by atoms with Gasteiger partial charge in [0.25, 0.3) is 0 Å². The van der Waals surface area contributed by atoms with Crippen LogP contribution in [-0.2, 0) is 17.2 Å². The molecular weight excluding hydrogens is 417 g/mol. The lowest BCUT2D eigenvalue weighted by molar-refractivity contribution is 0.602. The fraction of sp³-hybridized carbons (Fsp3) is 0.316. The van der Waals surface area contributed by atoms with E-state index in [1.165, 1.54) is 6.07 Å². The Morgan fingerprint density at radius 1 is 1.15 bits per heavy atom. The molecule has 1 atom stereocenters. The van der Waals surface area contributed by atoms with E-state index in [9.17, 15) is 8.60 Å². The van der Waals surface area contributed by atoms with Gasteiger partial charge in [-0.25, -0.2) is 4.39 Å². The molecule has 0 heterocycles. The minimum absolute atomic E-state index is 0.190. The minimum atomic E-state index is -1.03. The molecule has 0 bridgehead atoms. The molecule has 0 saturated carbocycles. The van der Waals surface area contributed by atoms with E-state index in [2.05, 4.69) is 31.6 Å². The number of hydrogen-bond acceptors (Lipinski definition) is 2. The van der Waals surface area contributed by atoms with Crippen LogP contribution in [0.5, 0.6) is 0 Å². The second-order valence-electron chi connectivity index (χ2n) is 5.63. The molecule has 2 aromatic rings. The highest BCUT2D eigenvalue weighted by Crippen LogP contribution is 2.16. The molecule has 7 heteroatoms. The highest BCUT2D eigenvalue weighted by atomic mass is 79.9. The molecule has 26 heavy (non-hydrogen) atoms. The van der Waals surface area contributed by atoms with Gasteiger partial charge in [0.05, 0.1) is 10.8 Å². The van der Waals surface area contributed by atoms with Gasteiger partial charge in [-0.2, -0.15) is 0 Å². The van der Waals surface area contributed by atoms with Crippen LogP contribution in [0.2, 0.25) is 0 Å². The first-order chi connectivity index (χ1) is 12.6. The standard InChI is InChI=1S/C19H23BrFN3OS/c1-22-19(24-12-13-26(25)17-7-3-2-4-8-17)23-11-5-6-15-9-10-16(20)14-18(15)21/h2-4,7-10,14H,5-6,11-13H2,1H3,(H2,22,23,24). The van der Waals surface area contributed by atoms with Gasteiger partial charge in [0.15, 0.2) is 5.96 Å². The fourth-order valence-electron chi connectivity index (χ4n) is 2.38. The first kappa shape index (κ1) is 20.6. The van der Waals surface area contributed by atoms with Gasteiger partial charge in [-0.3, -0.25) is 9.20 Å². The van der Waals surface area contributed by atoms with E-state index in [0.717, 1.165) is 15.8 Å². The fourth-order valence-corrected chi connectivity index (χ4v) is 3.70. The molecule has 4 nitrogen and oxygen atoms in total. The molecule has 0 saturated heterocycles. The molecule has 0 spiro atoms. The third-order valence-electron chi connectivity index (χ3n) is 3.74. The van der Waals surface area contributed by atoms with Crippen molar-refractivity contribution in [1.29, 1.82) is 0 Å². The summed E-state index contributed by atoms with van der Waals surface area (Å²) in [5.74, 6) is 0.978. The van der Waals surface area contributed by atoms with Gasteiger partial charge < -0.3 is 10.6 Å². The number of hydrogen-bond donors (Lipinski definition) is 2. The van der Waals surface area contributed by atoms with Crippen LogP contribution < -0.4 is 10.6 Å². The monoisotopic (exact) mass is 439 g/mol. The maximum absolute atomic E-state index is 13.8. The van der Waals surface area contributed by atoms with E-state index < -0.39 is 10.8 Å². The Hall–Kier alpha value is -1.73. The van der Waals surface area contributed by atoms with Crippen molar-refractivity contribution in [3.63, 3.8) is 0 Å². The smallest absolute Gasteiger partial charge is 0.191 e. The Bertz CT molecular complexity index is 756. The van der Waals surface area contributed by atoms with Gasteiger partial charge in [-0.1, -0.05) is 40.2 Å². The van der Waals surface area contributed by atoms with E-state index in [1.54, 1.807) is 13.1 Å². The molecule has 0 aliphatic carbocycles. The van der Waals surface area contributed by atoms with Gasteiger partial charge >= 0.3 is 0 Å². The van der Waals surface area contributed by atoms with Crippen LogP contribution in [0, 0.1) is 5.82 Å². The van der Waals surface area contributed by atoms with Crippen LogP contribution >= 0.6 is 15.9 Å². The summed E-state index contributed by atoms with van der Waals surface area (Å²) >= 11 is 3.26. The number of nitrogens with one attached hydrogen (secondary N) is 2. The first-order valence-corrected chi connectivity index (χ1v) is 10.5. The van der Waals surface area contributed by atoms with Gasteiger partial charge in [0, 0.05) is 35.3 Å². The first-order valence-electron chi connectivity index (χ1n) is 8.42. The number of guanidine groups is 1. The number of aryl methyl sites for hydroxylation is 1. The van der Waals surface area contributed by atoms with Crippen molar-refractivity contribution in [2.45, 2.75) is 17.7 Å². The third-order valence-corrected chi connectivity index (χ3v) is 5.61. The van der Waals surface area contributed by atoms with E-state index in [1.807, 2.05) is 36.4 Å². The largest absolute Gasteiger partial charge is 0.356 e. The summed E-state index contributed by atoms with van der Waals surface area (Å²) in [5.41, 5.74) is 0.705. The van der Waals surface area contributed by atoms with E-state index >= 15 is 0 Å². The summed E-state index contributed by atoms with van der Waals surface area (Å²) in [4.78, 5) is 4.97. The molecule has 0 aliphatic rings. The summed E-state index contributed by atoms with van der Waals surface area (Å²) in [6.07, 6.45) is 1.44. The maximum atomic E-state index is 13.8. The quantitative estimate of drug-likeness (QED) is 0.376. The Morgan fingerprint density at radius 2 is 1.88 bits per heavy atom. The SMILES string of the molecule is CN=C(NCCCc1ccc(Br)cc1F)NCCS(=O)c1ccccc1. The zero-order chi connectivity index (χ0) is 18.8. The van der Waals surface area contributed by atoms with Crippen molar-refractivity contribution in [3.8, 4) is 0 Å². The van der Waals surface area contributed by atoms with E-state index in [4.69, 9.17) is 0 Å². The van der Waals surface area contributed by atoms with Crippen molar-refractivity contribution in [2.75, 3.05) is 25.9 Å². The lowest BCUT2D eigenvalue weighted by Crippen LogP contribution is -2.39. The molecule has 1 unspecified atom stereocenters. The maximum Gasteiger partial charge on any atom is 0.191 e. The molecule has 0 aliphatic heterocycles. The lowest BCUT2D eigenvalue weighted by atomic mass is 10.1. The average molecular weight is 440 g/mol. The second-order valence-corrected chi connectivity index (χ2v) is 8.11. The van der Waals surface area contributed by atoms with Crippen LogP contribution in [0.25, 0.3) is 0 Å². The van der Waals surface area contributed by atoms with Crippen LogP contribution in [0.4, 0.5) is 4.39 Å². The van der Waals surface area contributed by atoms with Crippen LogP contribution in [0.1, 0.15) is 12.0 Å². The number of nitrogens with zero attached hydrogens (tertiary/aromatic N) is 1. The number of halogens is 2. The molecule has 0 radical (unpaired) electrons. The van der Waals surface area contributed by atoms with Crippen LogP contribution in [0.15, 0.2) is 62.9 Å². The topological polar surface area (TPSA) is 53.5 Å². The number of benzene rings is 2. The van der Waals surface area contributed by atoms with Crippen molar-refractivity contribution >= 4 is 32.7 Å². The lowest BCUT2D eigenvalue weighted by Gasteiger charge is -2.12. The average Bonchev–Trinajstić information content (AvgIpc) is 2.65. The summed E-state index contributed by atoms with van der Waals surface area (Å²) in [6, 6.07) is 14.5. The van der Waals surface area contributed by atoms with Gasteiger partial charge in [-0.05, 0) is 42.7 Å². The van der Waals surface area contributed by atoms with Gasteiger partial charge in [0.2, 0.25) is 0 Å². The predicted octanol–water partition coefficient (Wildman–Crippen LogP) is 3.49. The molecule has 140 valence electrons. The highest BCUT2D eigenvalue weighted by Gasteiger charge is 2.05. The minimum Gasteiger partial charge on any atom is -0.356 e. The predicted molar refractivity (Wildman–Crippen MR) is 110 cm³/mol. The van der Waals surface area contributed by atoms with Gasteiger partial charge in [-0.15, -0.1) is 0 Å². The molecule has 0 aromatic heterocycles. The number of rotatable bonds is 8. The molecule has 2 aromatic carbocycles. The van der Waals surface area contributed by atoms with E-state index in [0.29, 0.717) is 36.8 Å². The Labute approximate surface area is 164 Å². The van der Waals surface area contributed by atoms with Crippen molar-refractivity contribution in [2.24, 2.45) is 4.99 Å². The summed E-state index contributed by atoms with van der Waals surface area (Å²) in [7, 11) is 0.663. The second kappa shape index (κ2) is 11.1. The van der Waals surface area contributed by atoms with Crippen molar-refractivity contribution in [1.82, 2.24) is 10.6 Å². The molecule has 0 amide bonds. The normalized spacial score (nSPS) is 12.7. The third kappa shape index (κ3) is 6.88. The van der Waals surface area contributed by atoms with E-state index in [-0.39, 0.29) is 5.82 Å². The van der Waals surface area contributed by atoms with Crippen molar-refractivity contribution < 1.29 is 8.60 Å². The molecule has 2 rings (SSSR count). The van der Waals surface area contributed by atoms with Crippen molar-refractivity contribution in [3.05, 3.63) is 64.4 Å². The zero-order valence-corrected chi connectivity index (χ0v) is 17.1.